The summed E-state index contributed by atoms with van der Waals surface area (Å²) in [7, 11) is 3.53. The molecule has 0 radical (unpaired) electrons. The number of carbonyl (C=O) groups is 1. The Kier molecular flexibility index (Phi) is 4.10. The number of hydrogen-bond donors (Lipinski definition) is 1. The average Bonchev–Trinajstić information content (AvgIpc) is 2.77. The summed E-state index contributed by atoms with van der Waals surface area (Å²) in [6.07, 6.45) is 1.22. The first-order valence-electron chi connectivity index (χ1n) is 6.69. The molecule has 4 nitrogen and oxygen atoms in total. The van der Waals surface area contributed by atoms with E-state index in [1.165, 1.54) is 0 Å². The number of ether oxygens (including phenoxy) is 1. The van der Waals surface area contributed by atoms with Crippen LogP contribution in [-0.2, 0) is 4.74 Å². The number of nitrogens with zero attached hydrogens (tertiary/aromatic N) is 1. The number of nitrogens with one attached hydrogen (secondary N) is 1. The highest BCUT2D eigenvalue weighted by Gasteiger charge is 2.24. The second-order valence-corrected chi connectivity index (χ2v) is 5.34. The molecule has 1 aromatic rings. The van der Waals surface area contributed by atoms with Gasteiger partial charge in [-0.2, -0.15) is 0 Å². The van der Waals surface area contributed by atoms with Crippen molar-refractivity contribution in [1.82, 2.24) is 4.90 Å². The molecule has 104 valence electrons. The fourth-order valence-electron chi connectivity index (χ4n) is 2.29. The van der Waals surface area contributed by atoms with Crippen LogP contribution in [0.1, 0.15) is 29.3 Å². The minimum atomic E-state index is 0.0266. The van der Waals surface area contributed by atoms with Gasteiger partial charge in [0.1, 0.15) is 0 Å². The highest BCUT2D eigenvalue weighted by molar-refractivity contribution is 5.95. The van der Waals surface area contributed by atoms with Gasteiger partial charge in [-0.1, -0.05) is 6.07 Å². The molecule has 0 spiro atoms. The van der Waals surface area contributed by atoms with E-state index in [4.69, 9.17) is 4.74 Å². The summed E-state index contributed by atoms with van der Waals surface area (Å²) in [6, 6.07) is 6.11. The molecular weight excluding hydrogens is 240 g/mol. The zero-order valence-corrected chi connectivity index (χ0v) is 12.1. The third-order valence-corrected chi connectivity index (χ3v) is 3.61. The Morgan fingerprint density at radius 1 is 1.42 bits per heavy atom. The van der Waals surface area contributed by atoms with E-state index in [-0.39, 0.29) is 12.0 Å². The van der Waals surface area contributed by atoms with E-state index in [1.54, 1.807) is 19.0 Å². The van der Waals surface area contributed by atoms with Crippen LogP contribution in [0.2, 0.25) is 0 Å². The van der Waals surface area contributed by atoms with Crippen LogP contribution in [0.15, 0.2) is 18.2 Å². The Hall–Kier alpha value is -1.55. The molecule has 1 fully saturated rings. The van der Waals surface area contributed by atoms with Crippen LogP contribution < -0.4 is 5.32 Å². The molecule has 0 aliphatic carbocycles. The van der Waals surface area contributed by atoms with Crippen molar-refractivity contribution in [2.75, 3.05) is 26.0 Å². The summed E-state index contributed by atoms with van der Waals surface area (Å²) in [5.74, 6) is 0.0266. The summed E-state index contributed by atoms with van der Waals surface area (Å²) in [5, 5.41) is 3.50. The second kappa shape index (κ2) is 5.61. The van der Waals surface area contributed by atoms with Gasteiger partial charge in [-0.15, -0.1) is 0 Å². The smallest absolute Gasteiger partial charge is 0.253 e. The number of amides is 1. The van der Waals surface area contributed by atoms with Gasteiger partial charge < -0.3 is 15.0 Å². The van der Waals surface area contributed by atoms with Gasteiger partial charge in [0.05, 0.1) is 12.1 Å². The van der Waals surface area contributed by atoms with Gasteiger partial charge >= 0.3 is 0 Å². The lowest BCUT2D eigenvalue weighted by Gasteiger charge is -2.20. The summed E-state index contributed by atoms with van der Waals surface area (Å²) in [4.78, 5) is 13.6. The molecule has 0 bridgehead atoms. The minimum absolute atomic E-state index is 0.0266. The Morgan fingerprint density at radius 2 is 2.16 bits per heavy atom. The Bertz CT molecular complexity index is 471. The molecule has 1 N–H and O–H groups in total. The number of carbonyl (C=O) groups excluding carboxylic acids is 1. The molecule has 0 aromatic heterocycles. The van der Waals surface area contributed by atoms with Gasteiger partial charge in [-0.05, 0) is 38.0 Å². The van der Waals surface area contributed by atoms with Crippen molar-refractivity contribution >= 4 is 11.6 Å². The van der Waals surface area contributed by atoms with E-state index < -0.39 is 0 Å². The van der Waals surface area contributed by atoms with Crippen LogP contribution in [0.25, 0.3) is 0 Å². The van der Waals surface area contributed by atoms with Gasteiger partial charge in [-0.3, -0.25) is 4.79 Å². The van der Waals surface area contributed by atoms with Crippen molar-refractivity contribution in [2.24, 2.45) is 0 Å². The molecule has 4 heteroatoms. The van der Waals surface area contributed by atoms with Gasteiger partial charge in [-0.25, -0.2) is 0 Å². The first-order chi connectivity index (χ1) is 8.99. The fraction of sp³-hybridized carbons (Fsp3) is 0.533. The van der Waals surface area contributed by atoms with E-state index >= 15 is 0 Å². The van der Waals surface area contributed by atoms with E-state index in [1.807, 2.05) is 25.1 Å². The number of hydrogen-bond acceptors (Lipinski definition) is 3. The molecule has 1 saturated heterocycles. The number of aryl methyl sites for hydroxylation is 1. The summed E-state index contributed by atoms with van der Waals surface area (Å²) in [5.41, 5.74) is 2.88. The lowest BCUT2D eigenvalue weighted by Crippen LogP contribution is -2.27. The molecule has 0 saturated carbocycles. The summed E-state index contributed by atoms with van der Waals surface area (Å²) in [6.45, 7) is 4.93. The van der Waals surface area contributed by atoms with Crippen LogP contribution in [0, 0.1) is 6.92 Å². The van der Waals surface area contributed by atoms with E-state index in [2.05, 4.69) is 12.2 Å². The standard InChI is InChI=1S/C15H22N2O2/c1-10-5-6-12(15(18)17(3)4)9-14(10)16-13-7-8-19-11(13)2/h5-6,9,11,13,16H,7-8H2,1-4H3. The van der Waals surface area contributed by atoms with Crippen molar-refractivity contribution in [3.63, 3.8) is 0 Å². The first-order valence-corrected chi connectivity index (χ1v) is 6.69. The topological polar surface area (TPSA) is 41.6 Å². The van der Waals surface area contributed by atoms with Crippen molar-refractivity contribution < 1.29 is 9.53 Å². The van der Waals surface area contributed by atoms with Crippen molar-refractivity contribution in [1.29, 1.82) is 0 Å². The number of rotatable bonds is 3. The number of benzene rings is 1. The van der Waals surface area contributed by atoms with E-state index in [0.29, 0.717) is 11.6 Å². The summed E-state index contributed by atoms with van der Waals surface area (Å²) >= 11 is 0. The zero-order valence-electron chi connectivity index (χ0n) is 12.1. The van der Waals surface area contributed by atoms with Gasteiger partial charge in [0.25, 0.3) is 5.91 Å². The highest BCUT2D eigenvalue weighted by Crippen LogP contribution is 2.23. The quantitative estimate of drug-likeness (QED) is 0.908. The van der Waals surface area contributed by atoms with Crippen LogP contribution in [-0.4, -0.2) is 43.7 Å². The average molecular weight is 262 g/mol. The maximum absolute atomic E-state index is 12.0. The van der Waals surface area contributed by atoms with E-state index in [0.717, 1.165) is 24.3 Å². The Balaban J connectivity index is 2.19. The maximum atomic E-state index is 12.0. The second-order valence-electron chi connectivity index (χ2n) is 5.34. The molecule has 1 heterocycles. The van der Waals surface area contributed by atoms with Crippen LogP contribution in [0.3, 0.4) is 0 Å². The fourth-order valence-corrected chi connectivity index (χ4v) is 2.29. The van der Waals surface area contributed by atoms with Crippen molar-refractivity contribution in [3.8, 4) is 0 Å². The molecule has 2 atom stereocenters. The molecule has 1 amide bonds. The van der Waals surface area contributed by atoms with Crippen LogP contribution >= 0.6 is 0 Å². The van der Waals surface area contributed by atoms with Crippen molar-refractivity contribution in [3.05, 3.63) is 29.3 Å². The lowest BCUT2D eigenvalue weighted by atomic mass is 10.1. The molecule has 1 aliphatic rings. The van der Waals surface area contributed by atoms with Crippen LogP contribution in [0.5, 0.6) is 0 Å². The van der Waals surface area contributed by atoms with Crippen molar-refractivity contribution in [2.45, 2.75) is 32.4 Å². The van der Waals surface area contributed by atoms with Gasteiger partial charge in [0, 0.05) is 32.0 Å². The van der Waals surface area contributed by atoms with Gasteiger partial charge in [0.2, 0.25) is 0 Å². The third-order valence-electron chi connectivity index (χ3n) is 3.61. The SMILES string of the molecule is Cc1ccc(C(=O)N(C)C)cc1NC1CCOC1C. The minimum Gasteiger partial charge on any atom is -0.379 e. The summed E-state index contributed by atoms with van der Waals surface area (Å²) < 4.78 is 5.56. The van der Waals surface area contributed by atoms with Crippen LogP contribution in [0.4, 0.5) is 5.69 Å². The third kappa shape index (κ3) is 3.07. The Morgan fingerprint density at radius 3 is 2.74 bits per heavy atom. The normalized spacial score (nSPS) is 22.3. The molecule has 2 unspecified atom stereocenters. The zero-order chi connectivity index (χ0) is 14.0. The molecular formula is C15H22N2O2. The number of anilines is 1. The lowest BCUT2D eigenvalue weighted by molar-refractivity contribution is 0.0827. The molecule has 2 rings (SSSR count). The Labute approximate surface area is 114 Å². The molecule has 1 aromatic carbocycles. The largest absolute Gasteiger partial charge is 0.379 e. The predicted molar refractivity (Wildman–Crippen MR) is 76.6 cm³/mol. The monoisotopic (exact) mass is 262 g/mol. The molecule has 19 heavy (non-hydrogen) atoms. The molecule has 1 aliphatic heterocycles. The maximum Gasteiger partial charge on any atom is 0.253 e. The highest BCUT2D eigenvalue weighted by atomic mass is 16.5. The van der Waals surface area contributed by atoms with Gasteiger partial charge in [0.15, 0.2) is 0 Å². The first kappa shape index (κ1) is 13.9. The predicted octanol–water partition coefficient (Wildman–Crippen LogP) is 2.29. The van der Waals surface area contributed by atoms with E-state index in [9.17, 15) is 4.79 Å².